The Morgan fingerprint density at radius 2 is 2.21 bits per heavy atom. The van der Waals surface area contributed by atoms with Crippen LogP contribution in [0.5, 0.6) is 11.6 Å². The Morgan fingerprint density at radius 1 is 1.37 bits per heavy atom. The summed E-state index contributed by atoms with van der Waals surface area (Å²) in [6.07, 6.45) is 3.81. The molecule has 0 unspecified atom stereocenters. The van der Waals surface area contributed by atoms with Crippen LogP contribution in [0.2, 0.25) is 0 Å². The van der Waals surface area contributed by atoms with Gasteiger partial charge in [0.2, 0.25) is 5.88 Å². The highest BCUT2D eigenvalue weighted by molar-refractivity contribution is 7.13. The zero-order valence-corrected chi connectivity index (χ0v) is 11.4. The first-order chi connectivity index (χ1) is 9.24. The van der Waals surface area contributed by atoms with E-state index in [1.807, 2.05) is 17.5 Å². The minimum atomic E-state index is 0.216. The minimum Gasteiger partial charge on any atom is -0.495 e. The second-order valence-electron chi connectivity index (χ2n) is 4.56. The van der Waals surface area contributed by atoms with E-state index in [9.17, 15) is 0 Å². The van der Waals surface area contributed by atoms with Gasteiger partial charge in [-0.2, -0.15) is 0 Å². The molecule has 2 N–H and O–H groups in total. The van der Waals surface area contributed by atoms with Gasteiger partial charge in [0, 0.05) is 17.4 Å². The number of anilines is 1. The quantitative estimate of drug-likeness (QED) is 0.929. The molecule has 0 amide bonds. The molecular formula is C13H15N3O2S. The first-order valence-electron chi connectivity index (χ1n) is 6.12. The van der Waals surface area contributed by atoms with Gasteiger partial charge < -0.3 is 15.2 Å². The van der Waals surface area contributed by atoms with E-state index < -0.39 is 0 Å². The molecule has 1 aliphatic carbocycles. The Morgan fingerprint density at radius 3 is 2.79 bits per heavy atom. The summed E-state index contributed by atoms with van der Waals surface area (Å²) in [5.41, 5.74) is 6.72. The van der Waals surface area contributed by atoms with E-state index in [1.54, 1.807) is 13.3 Å². The molecule has 3 rings (SSSR count). The summed E-state index contributed by atoms with van der Waals surface area (Å²) in [5, 5.41) is 2.66. The highest BCUT2D eigenvalue weighted by Gasteiger charge is 2.33. The van der Waals surface area contributed by atoms with E-state index in [1.165, 1.54) is 11.3 Å². The van der Waals surface area contributed by atoms with Crippen LogP contribution in [0.15, 0.2) is 23.7 Å². The van der Waals surface area contributed by atoms with Gasteiger partial charge in [0.05, 0.1) is 19.0 Å². The zero-order valence-electron chi connectivity index (χ0n) is 10.6. The lowest BCUT2D eigenvalue weighted by Crippen LogP contribution is -2.32. The van der Waals surface area contributed by atoms with Crippen LogP contribution in [0.4, 0.5) is 5.13 Å². The molecule has 2 aromatic heterocycles. The van der Waals surface area contributed by atoms with Crippen LogP contribution < -0.4 is 15.2 Å². The van der Waals surface area contributed by atoms with Gasteiger partial charge in [-0.15, -0.1) is 11.3 Å². The number of nitrogen functional groups attached to an aromatic ring is 1. The lowest BCUT2D eigenvalue weighted by atomic mass is 9.80. The number of rotatable bonds is 4. The lowest BCUT2D eigenvalue weighted by Gasteiger charge is -2.33. The van der Waals surface area contributed by atoms with Gasteiger partial charge in [0.15, 0.2) is 5.13 Å². The van der Waals surface area contributed by atoms with Gasteiger partial charge in [-0.05, 0) is 18.9 Å². The van der Waals surface area contributed by atoms with E-state index in [0.29, 0.717) is 16.9 Å². The molecule has 19 heavy (non-hydrogen) atoms. The van der Waals surface area contributed by atoms with Crippen molar-refractivity contribution < 1.29 is 9.47 Å². The standard InChI is InChI=1S/C13H15N3O2S/c1-17-9-2-3-12(15-6-9)18-10-4-8(5-10)11-7-19-13(14)16-11/h2-3,6-8,10H,4-5H2,1H3,(H2,14,16). The molecule has 0 atom stereocenters. The van der Waals surface area contributed by atoms with Crippen LogP contribution >= 0.6 is 11.3 Å². The fourth-order valence-corrected chi connectivity index (χ4v) is 2.76. The summed E-state index contributed by atoms with van der Waals surface area (Å²) in [4.78, 5) is 8.50. The Balaban J connectivity index is 1.53. The van der Waals surface area contributed by atoms with Crippen molar-refractivity contribution in [2.45, 2.75) is 24.9 Å². The predicted molar refractivity (Wildman–Crippen MR) is 73.7 cm³/mol. The molecule has 1 aliphatic rings. The Hall–Kier alpha value is -1.82. The molecular weight excluding hydrogens is 262 g/mol. The highest BCUT2D eigenvalue weighted by atomic mass is 32.1. The van der Waals surface area contributed by atoms with Crippen molar-refractivity contribution in [1.82, 2.24) is 9.97 Å². The lowest BCUT2D eigenvalue weighted by molar-refractivity contribution is 0.0922. The third-order valence-electron chi connectivity index (χ3n) is 3.29. The van der Waals surface area contributed by atoms with E-state index in [2.05, 4.69) is 9.97 Å². The number of nitrogens with two attached hydrogens (primary N) is 1. The Labute approximate surface area is 115 Å². The van der Waals surface area contributed by atoms with Crippen molar-refractivity contribution in [1.29, 1.82) is 0 Å². The van der Waals surface area contributed by atoms with Crippen molar-refractivity contribution in [2.24, 2.45) is 0 Å². The number of hydrogen-bond donors (Lipinski definition) is 1. The number of nitrogens with zero attached hydrogens (tertiary/aromatic N) is 2. The predicted octanol–water partition coefficient (Wildman–Crippen LogP) is 2.45. The first-order valence-corrected chi connectivity index (χ1v) is 7.00. The van der Waals surface area contributed by atoms with Gasteiger partial charge in [0.1, 0.15) is 11.9 Å². The molecule has 0 radical (unpaired) electrons. The summed E-state index contributed by atoms with van der Waals surface area (Å²) in [6.45, 7) is 0. The fraction of sp³-hybridized carbons (Fsp3) is 0.385. The summed E-state index contributed by atoms with van der Waals surface area (Å²) < 4.78 is 10.8. The highest BCUT2D eigenvalue weighted by Crippen LogP contribution is 2.39. The summed E-state index contributed by atoms with van der Waals surface area (Å²) >= 11 is 1.49. The largest absolute Gasteiger partial charge is 0.495 e. The topological polar surface area (TPSA) is 70.3 Å². The zero-order chi connectivity index (χ0) is 13.2. The van der Waals surface area contributed by atoms with Crippen LogP contribution in [0.1, 0.15) is 24.5 Å². The molecule has 2 heterocycles. The smallest absolute Gasteiger partial charge is 0.213 e. The second kappa shape index (κ2) is 5.05. The minimum absolute atomic E-state index is 0.216. The van der Waals surface area contributed by atoms with E-state index in [4.69, 9.17) is 15.2 Å². The normalized spacial score (nSPS) is 21.7. The maximum atomic E-state index is 5.79. The number of aromatic nitrogens is 2. The molecule has 0 saturated heterocycles. The second-order valence-corrected chi connectivity index (χ2v) is 5.44. The molecule has 2 aromatic rings. The molecule has 6 heteroatoms. The molecule has 0 spiro atoms. The van der Waals surface area contributed by atoms with Crippen molar-refractivity contribution in [2.75, 3.05) is 12.8 Å². The van der Waals surface area contributed by atoms with E-state index >= 15 is 0 Å². The number of hydrogen-bond acceptors (Lipinski definition) is 6. The van der Waals surface area contributed by atoms with Crippen LogP contribution in [0, 0.1) is 0 Å². The van der Waals surface area contributed by atoms with Crippen LogP contribution in [0.3, 0.4) is 0 Å². The van der Waals surface area contributed by atoms with Gasteiger partial charge in [-0.1, -0.05) is 0 Å². The van der Waals surface area contributed by atoms with Crippen molar-refractivity contribution in [3.8, 4) is 11.6 Å². The summed E-state index contributed by atoms with van der Waals surface area (Å²) in [5.74, 6) is 1.84. The number of thiazole rings is 1. The average Bonchev–Trinajstić information content (AvgIpc) is 2.80. The molecule has 5 nitrogen and oxygen atoms in total. The van der Waals surface area contributed by atoms with Crippen LogP contribution in [-0.4, -0.2) is 23.2 Å². The summed E-state index contributed by atoms with van der Waals surface area (Å²) in [6, 6.07) is 3.67. The molecule has 0 aromatic carbocycles. The van der Waals surface area contributed by atoms with Crippen LogP contribution in [-0.2, 0) is 0 Å². The number of ether oxygens (including phenoxy) is 2. The first kappa shape index (κ1) is 12.2. The van der Waals surface area contributed by atoms with Gasteiger partial charge in [0.25, 0.3) is 0 Å². The number of methoxy groups -OCH3 is 1. The van der Waals surface area contributed by atoms with E-state index in [0.717, 1.165) is 24.3 Å². The Bertz CT molecular complexity index is 549. The third kappa shape index (κ3) is 2.63. The molecule has 0 aliphatic heterocycles. The van der Waals surface area contributed by atoms with Gasteiger partial charge in [-0.25, -0.2) is 9.97 Å². The summed E-state index contributed by atoms with van der Waals surface area (Å²) in [7, 11) is 1.62. The molecule has 1 fully saturated rings. The monoisotopic (exact) mass is 277 g/mol. The number of pyridine rings is 1. The van der Waals surface area contributed by atoms with Crippen molar-refractivity contribution in [3.05, 3.63) is 29.4 Å². The SMILES string of the molecule is COc1ccc(OC2CC(c3csc(N)n3)C2)nc1. The van der Waals surface area contributed by atoms with Crippen molar-refractivity contribution in [3.63, 3.8) is 0 Å². The average molecular weight is 277 g/mol. The van der Waals surface area contributed by atoms with E-state index in [-0.39, 0.29) is 6.10 Å². The Kier molecular flexibility index (Phi) is 3.25. The molecule has 0 bridgehead atoms. The van der Waals surface area contributed by atoms with Gasteiger partial charge in [-0.3, -0.25) is 0 Å². The molecule has 1 saturated carbocycles. The maximum Gasteiger partial charge on any atom is 0.213 e. The third-order valence-corrected chi connectivity index (χ3v) is 3.98. The fourth-order valence-electron chi connectivity index (χ4n) is 2.12. The van der Waals surface area contributed by atoms with Crippen molar-refractivity contribution >= 4 is 16.5 Å². The van der Waals surface area contributed by atoms with Crippen LogP contribution in [0.25, 0.3) is 0 Å². The van der Waals surface area contributed by atoms with Gasteiger partial charge >= 0.3 is 0 Å². The molecule has 100 valence electrons. The maximum absolute atomic E-state index is 5.79.